The van der Waals surface area contributed by atoms with Gasteiger partial charge in [-0.05, 0) is 61.6 Å². The van der Waals surface area contributed by atoms with E-state index in [4.69, 9.17) is 17.0 Å². The van der Waals surface area contributed by atoms with Crippen LogP contribution in [0.4, 0.5) is 4.39 Å². The molecule has 0 bridgehead atoms. The monoisotopic (exact) mass is 406 g/mol. The molecule has 1 heterocycles. The molecule has 0 saturated heterocycles. The maximum atomic E-state index is 13.1. The first-order valence-corrected chi connectivity index (χ1v) is 9.85. The molecule has 0 fully saturated rings. The van der Waals surface area contributed by atoms with E-state index in [0.29, 0.717) is 15.3 Å². The molecule has 0 spiro atoms. The molecule has 0 saturated carbocycles. The van der Waals surface area contributed by atoms with Crippen LogP contribution in [0.3, 0.4) is 0 Å². The van der Waals surface area contributed by atoms with Gasteiger partial charge in [-0.1, -0.05) is 23.1 Å². The Morgan fingerprint density at radius 3 is 2.69 bits per heavy atom. The summed E-state index contributed by atoms with van der Waals surface area (Å²) in [5, 5.41) is 4.50. The lowest BCUT2D eigenvalue weighted by Crippen LogP contribution is -1.97. The Kier molecular flexibility index (Phi) is 5.85. The number of halogens is 1. The zero-order chi connectivity index (χ0) is 18.7. The fourth-order valence-electron chi connectivity index (χ4n) is 2.31. The Morgan fingerprint density at radius 2 is 2.04 bits per heavy atom. The predicted octanol–water partition coefficient (Wildman–Crippen LogP) is 5.31. The van der Waals surface area contributed by atoms with Crippen molar-refractivity contribution in [3.63, 3.8) is 0 Å². The smallest absolute Gasteiger partial charge is 0.184 e. The third-order valence-corrected chi connectivity index (χ3v) is 6.05. The number of thioether (sulfide) groups is 1. The van der Waals surface area contributed by atoms with E-state index in [1.165, 1.54) is 42.2 Å². The van der Waals surface area contributed by atoms with Crippen LogP contribution >= 0.6 is 35.3 Å². The number of ketones is 1. The molecule has 0 aliphatic carbocycles. The summed E-state index contributed by atoms with van der Waals surface area (Å²) in [5.74, 6) is 1.03. The van der Waals surface area contributed by atoms with Crippen LogP contribution in [0.5, 0.6) is 5.75 Å². The Balaban J connectivity index is 1.82. The molecule has 26 heavy (non-hydrogen) atoms. The first kappa shape index (κ1) is 18.8. The van der Waals surface area contributed by atoms with Gasteiger partial charge in [-0.3, -0.25) is 4.79 Å². The highest BCUT2D eigenvalue weighted by molar-refractivity contribution is 8.00. The molecule has 4 nitrogen and oxygen atoms in total. The molecule has 0 N–H and O–H groups in total. The van der Waals surface area contributed by atoms with E-state index in [-0.39, 0.29) is 11.6 Å². The minimum atomic E-state index is -0.303. The van der Waals surface area contributed by atoms with E-state index in [0.717, 1.165) is 21.3 Å². The largest absolute Gasteiger partial charge is 0.496 e. The molecule has 1 aromatic heterocycles. The number of ether oxygens (including phenoxy) is 1. The van der Waals surface area contributed by atoms with Crippen molar-refractivity contribution in [3.8, 4) is 11.4 Å². The van der Waals surface area contributed by atoms with Gasteiger partial charge in [0.25, 0.3) is 0 Å². The minimum Gasteiger partial charge on any atom is -0.496 e. The number of methoxy groups -OCH3 is 1. The van der Waals surface area contributed by atoms with Gasteiger partial charge in [0, 0.05) is 16.9 Å². The van der Waals surface area contributed by atoms with Crippen molar-refractivity contribution in [3.05, 3.63) is 63.4 Å². The maximum Gasteiger partial charge on any atom is 0.184 e. The molecule has 2 aromatic carbocycles. The first-order chi connectivity index (χ1) is 12.5. The minimum absolute atomic E-state index is 0.00940. The molecule has 0 amide bonds. The fraction of sp³-hybridized carbons (Fsp3) is 0.167. The first-order valence-electron chi connectivity index (χ1n) is 7.64. The van der Waals surface area contributed by atoms with Crippen molar-refractivity contribution in [2.45, 2.75) is 17.0 Å². The van der Waals surface area contributed by atoms with E-state index in [2.05, 4.69) is 5.10 Å². The van der Waals surface area contributed by atoms with Crippen LogP contribution in [-0.4, -0.2) is 22.7 Å². The number of Topliss-reactive ketones (excluding diaryl/α,β-unsaturated/α-hetero) is 1. The zero-order valence-electron chi connectivity index (χ0n) is 14.1. The number of hydrogen-bond acceptors (Lipinski definition) is 6. The van der Waals surface area contributed by atoms with Crippen LogP contribution in [-0.2, 0) is 5.75 Å². The van der Waals surface area contributed by atoms with E-state index >= 15 is 0 Å². The number of carbonyl (C=O) groups excluding carboxylic acids is 1. The second kappa shape index (κ2) is 8.11. The van der Waals surface area contributed by atoms with Crippen molar-refractivity contribution in [1.82, 2.24) is 9.78 Å². The van der Waals surface area contributed by atoms with Gasteiger partial charge in [0.15, 0.2) is 14.1 Å². The summed E-state index contributed by atoms with van der Waals surface area (Å²) in [4.78, 5) is 11.6. The van der Waals surface area contributed by atoms with Crippen LogP contribution < -0.4 is 4.74 Å². The van der Waals surface area contributed by atoms with E-state index in [1.54, 1.807) is 36.1 Å². The van der Waals surface area contributed by atoms with Gasteiger partial charge >= 0.3 is 0 Å². The molecule has 8 heteroatoms. The molecular formula is C18H15FN2O2S3. The van der Waals surface area contributed by atoms with Gasteiger partial charge in [0.1, 0.15) is 11.6 Å². The summed E-state index contributed by atoms with van der Waals surface area (Å²) < 4.78 is 21.4. The summed E-state index contributed by atoms with van der Waals surface area (Å²) >= 11 is 8.26. The number of hydrogen-bond donors (Lipinski definition) is 0. The van der Waals surface area contributed by atoms with E-state index in [9.17, 15) is 9.18 Å². The number of nitrogens with zero attached hydrogens (tertiary/aromatic N) is 2. The predicted molar refractivity (Wildman–Crippen MR) is 105 cm³/mol. The molecule has 0 unspecified atom stereocenters. The fourth-order valence-corrected chi connectivity index (χ4v) is 4.65. The average Bonchev–Trinajstić information content (AvgIpc) is 3.01. The van der Waals surface area contributed by atoms with E-state index < -0.39 is 0 Å². The SMILES string of the molecule is COc1ccc(C(C)=O)cc1CSc1nn(-c2ccc(F)cc2)c(=S)s1. The van der Waals surface area contributed by atoms with E-state index in [1.807, 2.05) is 6.07 Å². The van der Waals surface area contributed by atoms with Gasteiger partial charge in [0.05, 0.1) is 12.8 Å². The Morgan fingerprint density at radius 1 is 1.31 bits per heavy atom. The molecule has 0 aliphatic heterocycles. The topological polar surface area (TPSA) is 44.1 Å². The van der Waals surface area contributed by atoms with Gasteiger partial charge in [0.2, 0.25) is 0 Å². The summed E-state index contributed by atoms with van der Waals surface area (Å²) in [6.07, 6.45) is 0. The molecule has 134 valence electrons. The van der Waals surface area contributed by atoms with Gasteiger partial charge in [-0.15, -0.1) is 5.10 Å². The number of benzene rings is 2. The maximum absolute atomic E-state index is 13.1. The highest BCUT2D eigenvalue weighted by atomic mass is 32.2. The molecule has 3 rings (SSSR count). The summed E-state index contributed by atoms with van der Waals surface area (Å²) in [6.45, 7) is 1.54. The summed E-state index contributed by atoms with van der Waals surface area (Å²) in [5.41, 5.74) is 2.28. The van der Waals surface area contributed by atoms with Gasteiger partial charge in [-0.25, -0.2) is 9.07 Å². The Labute approximate surface area is 163 Å². The molecular weight excluding hydrogens is 391 g/mol. The lowest BCUT2D eigenvalue weighted by atomic mass is 10.1. The second-order valence-corrected chi connectivity index (χ2v) is 8.24. The molecule has 0 atom stereocenters. The number of rotatable bonds is 6. The highest BCUT2D eigenvalue weighted by Crippen LogP contribution is 2.31. The lowest BCUT2D eigenvalue weighted by molar-refractivity contribution is 0.101. The third kappa shape index (κ3) is 4.20. The van der Waals surface area contributed by atoms with Crippen LogP contribution in [0.15, 0.2) is 46.8 Å². The zero-order valence-corrected chi connectivity index (χ0v) is 16.5. The average molecular weight is 407 g/mol. The Bertz CT molecular complexity index is 996. The lowest BCUT2D eigenvalue weighted by Gasteiger charge is -2.08. The molecule has 3 aromatic rings. The highest BCUT2D eigenvalue weighted by Gasteiger charge is 2.11. The molecule has 0 radical (unpaired) electrons. The van der Waals surface area contributed by atoms with Crippen LogP contribution in [0, 0.1) is 9.77 Å². The second-order valence-electron chi connectivity index (χ2n) is 5.39. The third-order valence-electron chi connectivity index (χ3n) is 3.64. The van der Waals surface area contributed by atoms with Crippen LogP contribution in [0.25, 0.3) is 5.69 Å². The molecule has 0 aliphatic rings. The van der Waals surface area contributed by atoms with Gasteiger partial charge in [-0.2, -0.15) is 0 Å². The van der Waals surface area contributed by atoms with Crippen molar-refractivity contribution in [1.29, 1.82) is 0 Å². The number of carbonyl (C=O) groups is 1. The summed E-state index contributed by atoms with van der Waals surface area (Å²) in [7, 11) is 1.60. The van der Waals surface area contributed by atoms with Crippen LogP contribution in [0.1, 0.15) is 22.8 Å². The summed E-state index contributed by atoms with van der Waals surface area (Å²) in [6, 6.07) is 11.4. The van der Waals surface area contributed by atoms with Crippen molar-refractivity contribution in [2.24, 2.45) is 0 Å². The normalized spacial score (nSPS) is 10.7. The number of aromatic nitrogens is 2. The standard InChI is InChI=1S/C18H15FN2O2S3/c1-11(22)12-3-8-16(23-2)13(9-12)10-25-17-20-21(18(24)26-17)15-6-4-14(19)5-7-15/h3-9H,10H2,1-2H3. The quantitative estimate of drug-likeness (QED) is 0.315. The van der Waals surface area contributed by atoms with Crippen molar-refractivity contribution in [2.75, 3.05) is 7.11 Å². The van der Waals surface area contributed by atoms with Crippen molar-refractivity contribution >= 4 is 41.1 Å². The Hall–Kier alpha value is -2.03. The van der Waals surface area contributed by atoms with Crippen LogP contribution in [0.2, 0.25) is 0 Å². The van der Waals surface area contributed by atoms with Crippen molar-refractivity contribution < 1.29 is 13.9 Å². The van der Waals surface area contributed by atoms with Gasteiger partial charge < -0.3 is 4.74 Å².